The molecule has 0 atom stereocenters. The zero-order valence-corrected chi connectivity index (χ0v) is 24.6. The molecule has 0 saturated carbocycles. The monoisotopic (exact) mass is 617 g/mol. The van der Waals surface area contributed by atoms with Gasteiger partial charge in [-0.2, -0.15) is 13.2 Å². The van der Waals surface area contributed by atoms with Gasteiger partial charge in [0.25, 0.3) is 5.56 Å². The summed E-state index contributed by atoms with van der Waals surface area (Å²) < 4.78 is 46.3. The van der Waals surface area contributed by atoms with E-state index < -0.39 is 35.9 Å². The van der Waals surface area contributed by atoms with E-state index >= 15 is 0 Å². The Kier molecular flexibility index (Phi) is 10.9. The Hall–Kier alpha value is -5.08. The van der Waals surface area contributed by atoms with E-state index in [9.17, 15) is 27.6 Å². The van der Waals surface area contributed by atoms with E-state index in [4.69, 9.17) is 16.2 Å². The molecule has 3 rings (SSSR count). The summed E-state index contributed by atoms with van der Waals surface area (Å²) in [5.74, 6) is -0.608. The van der Waals surface area contributed by atoms with Crippen LogP contribution in [0, 0.1) is 5.92 Å². The largest absolute Gasteiger partial charge is 0.535 e. The van der Waals surface area contributed by atoms with Crippen LogP contribution in [0.1, 0.15) is 44.4 Å². The minimum absolute atomic E-state index is 0.0216. The number of alkyl halides is 3. The predicted octanol–water partition coefficient (Wildman–Crippen LogP) is 4.08. The van der Waals surface area contributed by atoms with Crippen LogP contribution in [0.2, 0.25) is 0 Å². The maximum absolute atomic E-state index is 13.5. The molecule has 6 N–H and O–H groups in total. The maximum atomic E-state index is 13.5. The van der Waals surface area contributed by atoms with Gasteiger partial charge >= 0.3 is 12.3 Å². The molecule has 0 unspecified atom stereocenters. The number of nitrogens with one attached hydrogen (secondary N) is 2. The minimum atomic E-state index is -4.68. The van der Waals surface area contributed by atoms with E-state index in [1.54, 1.807) is 38.1 Å². The van der Waals surface area contributed by atoms with Crippen molar-refractivity contribution in [3.63, 3.8) is 0 Å². The van der Waals surface area contributed by atoms with Gasteiger partial charge in [0.05, 0.1) is 24.1 Å². The molecule has 12 nitrogen and oxygen atoms in total. The molecule has 1 heterocycles. The van der Waals surface area contributed by atoms with Gasteiger partial charge < -0.3 is 26.8 Å². The number of benzene rings is 2. The molecule has 0 aliphatic carbocycles. The van der Waals surface area contributed by atoms with Crippen LogP contribution in [-0.4, -0.2) is 40.1 Å². The van der Waals surface area contributed by atoms with Gasteiger partial charge in [-0.05, 0) is 43.5 Å². The first-order valence-electron chi connectivity index (χ1n) is 13.5. The average Bonchev–Trinajstić information content (AvgIpc) is 2.95. The summed E-state index contributed by atoms with van der Waals surface area (Å²) in [4.78, 5) is 46.5. The summed E-state index contributed by atoms with van der Waals surface area (Å²) in [7, 11) is 0. The Morgan fingerprint density at radius 3 is 2.39 bits per heavy atom. The fraction of sp³-hybridized carbons (Fsp3) is 0.345. The van der Waals surface area contributed by atoms with Crippen molar-refractivity contribution in [3.05, 3.63) is 75.7 Å². The third-order valence-corrected chi connectivity index (χ3v) is 5.85. The van der Waals surface area contributed by atoms with Crippen LogP contribution >= 0.6 is 0 Å². The number of nitrogens with zero attached hydrogens (tertiary/aromatic N) is 3. The zero-order valence-electron chi connectivity index (χ0n) is 24.6. The number of rotatable bonds is 11. The van der Waals surface area contributed by atoms with Gasteiger partial charge in [-0.15, -0.1) is 0 Å². The fourth-order valence-corrected chi connectivity index (χ4v) is 3.80. The lowest BCUT2D eigenvalue weighted by Gasteiger charge is -2.17. The molecule has 0 radical (unpaired) electrons. The lowest BCUT2D eigenvalue weighted by molar-refractivity contribution is -0.137. The second kappa shape index (κ2) is 14.4. The van der Waals surface area contributed by atoms with Crippen molar-refractivity contribution in [2.24, 2.45) is 16.8 Å². The third kappa shape index (κ3) is 9.47. The number of nitrogen functional groups attached to an aromatic ring is 1. The summed E-state index contributed by atoms with van der Waals surface area (Å²) in [6, 6.07) is 9.19. The quantitative estimate of drug-likeness (QED) is 0.0617. The molecule has 0 aliphatic heterocycles. The lowest BCUT2D eigenvalue weighted by Crippen LogP contribution is -2.35. The summed E-state index contributed by atoms with van der Waals surface area (Å²) in [6.07, 6.45) is -4.45. The molecule has 0 fully saturated rings. The number of carbonyl (C=O) groups excluding carboxylic acids is 2. The molecule has 1 amide bonds. The van der Waals surface area contributed by atoms with E-state index in [2.05, 4.69) is 25.6 Å². The average molecular weight is 618 g/mol. The number of anilines is 2. The Morgan fingerprint density at radius 2 is 1.77 bits per heavy atom. The second-order valence-corrected chi connectivity index (χ2v) is 10.5. The second-order valence-electron chi connectivity index (χ2n) is 10.5. The molecular formula is C29H34F3N7O5. The number of amides is 1. The summed E-state index contributed by atoms with van der Waals surface area (Å²) >= 11 is 0. The molecule has 44 heavy (non-hydrogen) atoms. The number of oxime groups is 1. The van der Waals surface area contributed by atoms with Gasteiger partial charge in [0.1, 0.15) is 6.54 Å². The molecule has 1 aromatic heterocycles. The van der Waals surface area contributed by atoms with Gasteiger partial charge in [0.2, 0.25) is 5.91 Å². The number of carbonyl (C=O) groups is 2. The number of ether oxygens (including phenoxy) is 1. The number of hydrogen-bond donors (Lipinski definition) is 4. The van der Waals surface area contributed by atoms with Gasteiger partial charge in [0, 0.05) is 29.4 Å². The summed E-state index contributed by atoms with van der Waals surface area (Å²) in [5.41, 5.74) is 10.7. The molecule has 0 saturated heterocycles. The van der Waals surface area contributed by atoms with Crippen molar-refractivity contribution in [2.45, 2.75) is 53.0 Å². The fourth-order valence-electron chi connectivity index (χ4n) is 3.80. The normalized spacial score (nSPS) is 11.9. The molecule has 15 heteroatoms. The van der Waals surface area contributed by atoms with E-state index in [0.717, 1.165) is 16.7 Å². The molecule has 0 aliphatic rings. The molecule has 0 spiro atoms. The summed E-state index contributed by atoms with van der Waals surface area (Å²) in [6.45, 7) is 6.99. The van der Waals surface area contributed by atoms with Crippen molar-refractivity contribution in [2.75, 3.05) is 17.7 Å². The first kappa shape index (κ1) is 33.4. The van der Waals surface area contributed by atoms with Crippen LogP contribution in [-0.2, 0) is 33.6 Å². The van der Waals surface area contributed by atoms with Crippen LogP contribution in [0.5, 0.6) is 0 Å². The molecule has 2 aromatic carbocycles. The van der Waals surface area contributed by atoms with Crippen molar-refractivity contribution in [1.29, 1.82) is 0 Å². The number of hydrogen-bond acceptors (Lipinski definition) is 9. The van der Waals surface area contributed by atoms with E-state index in [-0.39, 0.29) is 53.7 Å². The smallest absolute Gasteiger partial charge is 0.432 e. The Balaban J connectivity index is 1.77. The molecule has 0 bridgehead atoms. The maximum Gasteiger partial charge on any atom is 0.535 e. The van der Waals surface area contributed by atoms with E-state index in [1.807, 2.05) is 13.8 Å². The van der Waals surface area contributed by atoms with Crippen molar-refractivity contribution in [1.82, 2.24) is 14.9 Å². The van der Waals surface area contributed by atoms with Crippen molar-refractivity contribution in [3.8, 4) is 11.3 Å². The minimum Gasteiger partial charge on any atom is -0.432 e. The highest BCUT2D eigenvalue weighted by Gasteiger charge is 2.31. The number of amidine groups is 1. The van der Waals surface area contributed by atoms with Crippen LogP contribution < -0.4 is 27.7 Å². The van der Waals surface area contributed by atoms with Gasteiger partial charge in [-0.1, -0.05) is 43.3 Å². The predicted molar refractivity (Wildman–Crippen MR) is 158 cm³/mol. The van der Waals surface area contributed by atoms with Crippen LogP contribution in [0.25, 0.3) is 11.3 Å². The highest BCUT2D eigenvalue weighted by molar-refractivity contribution is 5.97. The van der Waals surface area contributed by atoms with Gasteiger partial charge in [-0.3, -0.25) is 19.0 Å². The Labute approximate surface area is 251 Å². The van der Waals surface area contributed by atoms with Gasteiger partial charge in [0.15, 0.2) is 11.7 Å². The molecule has 236 valence electrons. The van der Waals surface area contributed by atoms with Crippen molar-refractivity contribution < 1.29 is 32.3 Å². The van der Waals surface area contributed by atoms with Crippen LogP contribution in [0.4, 0.5) is 29.5 Å². The first-order chi connectivity index (χ1) is 20.6. The lowest BCUT2D eigenvalue weighted by atomic mass is 10.1. The van der Waals surface area contributed by atoms with Gasteiger partial charge in [-0.25, -0.2) is 9.78 Å². The summed E-state index contributed by atoms with van der Waals surface area (Å²) in [5, 5.41) is 9.11. The molecular weight excluding hydrogens is 583 g/mol. The SMILES string of the molecule is CC(C)COC(=O)O/N=C(\N)c1ccc(CNC(=O)Cn2c(-c3cc(N)cc(C(F)(F)F)c3)cnc(NC(C)C)c2=O)cc1. The van der Waals surface area contributed by atoms with Crippen LogP contribution in [0.3, 0.4) is 0 Å². The first-order valence-corrected chi connectivity index (χ1v) is 13.5. The highest BCUT2D eigenvalue weighted by atomic mass is 19.4. The third-order valence-electron chi connectivity index (χ3n) is 5.85. The zero-order chi connectivity index (χ0) is 32.6. The highest BCUT2D eigenvalue weighted by Crippen LogP contribution is 2.34. The molecule has 3 aromatic rings. The Morgan fingerprint density at radius 1 is 1.09 bits per heavy atom. The van der Waals surface area contributed by atoms with Crippen molar-refractivity contribution >= 4 is 29.4 Å². The number of nitrogens with two attached hydrogens (primary N) is 2. The Bertz CT molecular complexity index is 1570. The number of halogens is 3. The van der Waals surface area contributed by atoms with Crippen LogP contribution in [0.15, 0.2) is 58.6 Å². The standard InChI is InChI=1S/C29H34F3N7O5/c1-16(2)15-43-28(42)44-38-25(34)19-7-5-18(6-8-19)12-35-24(40)14-39-23(13-36-26(27(39)41)37-17(3)4)20-9-21(29(30,31)32)11-22(33)10-20/h5-11,13,16-17H,12,14-15,33H2,1-4H3,(H2,34,38)(H,35,40)(H,36,37). The van der Waals surface area contributed by atoms with E-state index in [0.29, 0.717) is 11.1 Å². The topological polar surface area (TPSA) is 176 Å². The number of aromatic nitrogens is 2. The van der Waals surface area contributed by atoms with E-state index in [1.165, 1.54) is 12.3 Å².